The summed E-state index contributed by atoms with van der Waals surface area (Å²) >= 11 is 0. The van der Waals surface area contributed by atoms with Crippen molar-refractivity contribution >= 4 is 11.8 Å². The third-order valence-corrected chi connectivity index (χ3v) is 3.72. The summed E-state index contributed by atoms with van der Waals surface area (Å²) in [5, 5.41) is 0. The Hall–Kier alpha value is -2.68. The summed E-state index contributed by atoms with van der Waals surface area (Å²) in [7, 11) is 0. The fourth-order valence-corrected chi connectivity index (χ4v) is 2.30. The first kappa shape index (κ1) is 18.7. The first-order chi connectivity index (χ1) is 11.9. The number of carbonyl (C=O) groups is 2. The fraction of sp³-hybridized carbons (Fsp3) is 0.273. The molecule has 0 aliphatic carbocycles. The maximum atomic E-state index is 12.6. The molecule has 3 heteroatoms. The van der Waals surface area contributed by atoms with E-state index in [1.807, 2.05) is 57.2 Å². The van der Waals surface area contributed by atoms with Gasteiger partial charge in [-0.25, -0.2) is 4.79 Å². The summed E-state index contributed by atoms with van der Waals surface area (Å²) in [6.07, 6.45) is 3.13. The molecule has 0 amide bonds. The molecule has 0 atom stereocenters. The van der Waals surface area contributed by atoms with Crippen molar-refractivity contribution in [3.05, 3.63) is 83.6 Å². The minimum atomic E-state index is -0.616. The van der Waals surface area contributed by atoms with Crippen molar-refractivity contribution in [1.82, 2.24) is 0 Å². The number of aryl methyl sites for hydroxylation is 1. The maximum Gasteiger partial charge on any atom is 0.343 e. The highest BCUT2D eigenvalue weighted by atomic mass is 16.5. The highest BCUT2D eigenvalue weighted by molar-refractivity contribution is 6.01. The number of ketones is 1. The number of allylic oxidation sites excluding steroid dienone is 2. The second-order valence-corrected chi connectivity index (χ2v) is 6.93. The largest absolute Gasteiger partial charge is 0.419 e. The molecule has 130 valence electrons. The number of esters is 1. The van der Waals surface area contributed by atoms with Crippen LogP contribution < -0.4 is 0 Å². The van der Waals surface area contributed by atoms with Crippen LogP contribution in [0.5, 0.6) is 0 Å². The second-order valence-electron chi connectivity index (χ2n) is 6.93. The third-order valence-electron chi connectivity index (χ3n) is 3.72. The van der Waals surface area contributed by atoms with E-state index in [-0.39, 0.29) is 11.5 Å². The van der Waals surface area contributed by atoms with Crippen LogP contribution in [0.15, 0.2) is 72.5 Å². The second kappa shape index (κ2) is 8.43. The van der Waals surface area contributed by atoms with Crippen LogP contribution in [-0.2, 0) is 16.0 Å². The average molecular weight is 336 g/mol. The van der Waals surface area contributed by atoms with E-state index in [9.17, 15) is 9.59 Å². The average Bonchev–Trinajstić information content (AvgIpc) is 2.61. The van der Waals surface area contributed by atoms with Crippen molar-refractivity contribution in [3.8, 4) is 0 Å². The number of Topliss-reactive ketones (excluding diaryl/α,β-unsaturated/α-hetero) is 1. The van der Waals surface area contributed by atoms with Crippen molar-refractivity contribution in [1.29, 1.82) is 0 Å². The van der Waals surface area contributed by atoms with Gasteiger partial charge in [0.2, 0.25) is 5.78 Å². The summed E-state index contributed by atoms with van der Waals surface area (Å²) in [5.74, 6) is -0.564. The number of benzene rings is 2. The van der Waals surface area contributed by atoms with E-state index in [1.165, 1.54) is 5.56 Å². The number of hydrogen-bond donors (Lipinski definition) is 0. The SMILES string of the molecule is CC(C)(C)C(=O)/C(=C\CCc1ccccc1)OC(=O)c1ccccc1. The zero-order valence-electron chi connectivity index (χ0n) is 15.0. The Bertz CT molecular complexity index is 738. The third kappa shape index (κ3) is 5.71. The summed E-state index contributed by atoms with van der Waals surface area (Å²) in [4.78, 5) is 24.9. The first-order valence-electron chi connectivity index (χ1n) is 8.44. The standard InChI is InChI=1S/C22H24O3/c1-22(2,3)20(23)19(16-10-13-17-11-6-4-7-12-17)25-21(24)18-14-8-5-9-15-18/h4-9,11-12,14-16H,10,13H2,1-3H3/b19-16+. The molecule has 0 aliphatic rings. The van der Waals surface area contributed by atoms with Crippen LogP contribution in [0.25, 0.3) is 0 Å². The lowest BCUT2D eigenvalue weighted by molar-refractivity contribution is -0.125. The van der Waals surface area contributed by atoms with Gasteiger partial charge in [-0.3, -0.25) is 4.79 Å². The van der Waals surface area contributed by atoms with Crippen LogP contribution >= 0.6 is 0 Å². The van der Waals surface area contributed by atoms with E-state index in [1.54, 1.807) is 30.3 Å². The van der Waals surface area contributed by atoms with Gasteiger partial charge in [-0.15, -0.1) is 0 Å². The molecule has 0 bridgehead atoms. The molecule has 0 radical (unpaired) electrons. The Morgan fingerprint density at radius 2 is 1.48 bits per heavy atom. The van der Waals surface area contributed by atoms with Gasteiger partial charge in [0.1, 0.15) is 0 Å². The van der Waals surface area contributed by atoms with Gasteiger partial charge >= 0.3 is 5.97 Å². The Balaban J connectivity index is 2.14. The number of rotatable bonds is 6. The zero-order valence-corrected chi connectivity index (χ0v) is 15.0. The van der Waals surface area contributed by atoms with Gasteiger partial charge in [-0.2, -0.15) is 0 Å². The van der Waals surface area contributed by atoms with Crippen molar-refractivity contribution < 1.29 is 14.3 Å². The fourth-order valence-electron chi connectivity index (χ4n) is 2.30. The van der Waals surface area contributed by atoms with Gasteiger partial charge in [0.05, 0.1) is 5.56 Å². The molecule has 0 N–H and O–H groups in total. The lowest BCUT2D eigenvalue weighted by Crippen LogP contribution is -2.25. The van der Waals surface area contributed by atoms with Crippen molar-refractivity contribution in [2.75, 3.05) is 0 Å². The molecule has 0 unspecified atom stereocenters. The van der Waals surface area contributed by atoms with Crippen molar-refractivity contribution in [2.45, 2.75) is 33.6 Å². The van der Waals surface area contributed by atoms with Gasteiger partial charge in [0.15, 0.2) is 5.76 Å². The molecule has 0 fully saturated rings. The lowest BCUT2D eigenvalue weighted by Gasteiger charge is -2.18. The Morgan fingerprint density at radius 3 is 2.04 bits per heavy atom. The van der Waals surface area contributed by atoms with Crippen LogP contribution in [0.1, 0.15) is 43.1 Å². The highest BCUT2D eigenvalue weighted by Crippen LogP contribution is 2.22. The summed E-state index contributed by atoms with van der Waals surface area (Å²) in [6, 6.07) is 18.7. The van der Waals surface area contributed by atoms with E-state index >= 15 is 0 Å². The minimum absolute atomic E-state index is 0.122. The van der Waals surface area contributed by atoms with E-state index in [2.05, 4.69) is 0 Å². The summed E-state index contributed by atoms with van der Waals surface area (Å²) in [6.45, 7) is 5.45. The summed E-state index contributed by atoms with van der Waals surface area (Å²) < 4.78 is 5.44. The van der Waals surface area contributed by atoms with Crippen molar-refractivity contribution in [3.63, 3.8) is 0 Å². The van der Waals surface area contributed by atoms with Crippen molar-refractivity contribution in [2.24, 2.45) is 5.41 Å². The van der Waals surface area contributed by atoms with Gasteiger partial charge < -0.3 is 4.74 Å². The molecule has 2 aromatic rings. The normalized spacial score (nSPS) is 11.9. The molecule has 0 saturated carbocycles. The highest BCUT2D eigenvalue weighted by Gasteiger charge is 2.28. The molecule has 2 rings (SSSR count). The van der Waals surface area contributed by atoms with E-state index in [0.29, 0.717) is 12.0 Å². The molecule has 0 spiro atoms. The monoisotopic (exact) mass is 336 g/mol. The van der Waals surface area contributed by atoms with Crippen LogP contribution in [0, 0.1) is 5.41 Å². The smallest absolute Gasteiger partial charge is 0.343 e. The molecule has 3 nitrogen and oxygen atoms in total. The molecule has 0 aromatic heterocycles. The molecule has 25 heavy (non-hydrogen) atoms. The van der Waals surface area contributed by atoms with Crippen LogP contribution in [0.4, 0.5) is 0 Å². The molecule has 2 aromatic carbocycles. The Labute approximate surface area is 149 Å². The minimum Gasteiger partial charge on any atom is -0.419 e. The van der Waals surface area contributed by atoms with Gasteiger partial charge in [-0.05, 0) is 36.6 Å². The van der Waals surface area contributed by atoms with Crippen LogP contribution in [-0.4, -0.2) is 11.8 Å². The van der Waals surface area contributed by atoms with E-state index in [0.717, 1.165) is 6.42 Å². The zero-order chi connectivity index (χ0) is 18.3. The van der Waals surface area contributed by atoms with E-state index < -0.39 is 11.4 Å². The predicted molar refractivity (Wildman–Crippen MR) is 99.2 cm³/mol. The molecule has 0 heterocycles. The van der Waals surface area contributed by atoms with Gasteiger partial charge in [-0.1, -0.05) is 69.3 Å². The Kier molecular flexibility index (Phi) is 6.29. The number of ether oxygens (including phenoxy) is 1. The number of hydrogen-bond acceptors (Lipinski definition) is 3. The predicted octanol–water partition coefficient (Wildman–Crippen LogP) is 4.98. The Morgan fingerprint density at radius 1 is 0.920 bits per heavy atom. The molecule has 0 saturated heterocycles. The first-order valence-corrected chi connectivity index (χ1v) is 8.44. The van der Waals surface area contributed by atoms with Crippen LogP contribution in [0.2, 0.25) is 0 Å². The maximum absolute atomic E-state index is 12.6. The summed E-state index contributed by atoms with van der Waals surface area (Å²) in [5.41, 5.74) is 0.990. The molecule has 0 aliphatic heterocycles. The lowest BCUT2D eigenvalue weighted by atomic mass is 9.89. The topological polar surface area (TPSA) is 43.4 Å². The molecular weight excluding hydrogens is 312 g/mol. The van der Waals surface area contributed by atoms with Gasteiger partial charge in [0.25, 0.3) is 0 Å². The van der Waals surface area contributed by atoms with Gasteiger partial charge in [0, 0.05) is 5.41 Å². The molecular formula is C22H24O3. The van der Waals surface area contributed by atoms with E-state index in [4.69, 9.17) is 4.74 Å². The van der Waals surface area contributed by atoms with Crippen LogP contribution in [0.3, 0.4) is 0 Å². The quantitative estimate of drug-likeness (QED) is 0.425. The number of carbonyl (C=O) groups excluding carboxylic acids is 2.